The van der Waals surface area contributed by atoms with E-state index in [-0.39, 0.29) is 11.1 Å². The first-order valence-electron chi connectivity index (χ1n) is 7.75. The number of benzene rings is 1. The smallest absolute Gasteiger partial charge is 0.192 e. The zero-order valence-electron chi connectivity index (χ0n) is 14.7. The number of hydrogen-bond donors (Lipinski definition) is 1. The van der Waals surface area contributed by atoms with Gasteiger partial charge in [-0.05, 0) is 42.4 Å². The summed E-state index contributed by atoms with van der Waals surface area (Å²) in [5.74, 6) is 0.799. The van der Waals surface area contributed by atoms with Gasteiger partial charge in [-0.1, -0.05) is 36.7 Å². The van der Waals surface area contributed by atoms with Crippen LogP contribution < -0.4 is 10.2 Å². The predicted octanol–water partition coefficient (Wildman–Crippen LogP) is 4.72. The van der Waals surface area contributed by atoms with Crippen LogP contribution in [-0.2, 0) is 9.26 Å². The van der Waals surface area contributed by atoms with Gasteiger partial charge in [0.2, 0.25) is 0 Å². The van der Waals surface area contributed by atoms with Gasteiger partial charge in [0.1, 0.15) is 11.9 Å². The van der Waals surface area contributed by atoms with Crippen molar-refractivity contribution in [3.05, 3.63) is 34.3 Å². The maximum Gasteiger partial charge on any atom is 0.192 e. The normalized spacial score (nSPS) is 18.6. The Balaban J connectivity index is 2.07. The van der Waals surface area contributed by atoms with Gasteiger partial charge < -0.3 is 9.16 Å². The van der Waals surface area contributed by atoms with Crippen LogP contribution in [0.3, 0.4) is 0 Å². The van der Waals surface area contributed by atoms with E-state index < -0.39 is 8.32 Å². The fourth-order valence-corrected chi connectivity index (χ4v) is 3.37. The highest BCUT2D eigenvalue weighted by molar-refractivity contribution is 9.10. The standard InChI is InChI=1S/C17H26BrNO3Si/c1-17(2,3)23(5,6)21-11-13-10-15(19-22-13)14-8-7-12(18)9-16(14)20-4/h7-10,13,19H,11H2,1-6H3. The van der Waals surface area contributed by atoms with Gasteiger partial charge in [-0.25, -0.2) is 0 Å². The third kappa shape index (κ3) is 4.38. The van der Waals surface area contributed by atoms with Crippen LogP contribution in [0.1, 0.15) is 26.3 Å². The summed E-state index contributed by atoms with van der Waals surface area (Å²) in [5, 5.41) is 0.195. The number of halogens is 1. The highest BCUT2D eigenvalue weighted by atomic mass is 79.9. The van der Waals surface area contributed by atoms with Gasteiger partial charge in [-0.2, -0.15) is 0 Å². The van der Waals surface area contributed by atoms with E-state index in [4.69, 9.17) is 14.0 Å². The molecule has 0 radical (unpaired) electrons. The summed E-state index contributed by atoms with van der Waals surface area (Å²) in [5.41, 5.74) is 4.89. The van der Waals surface area contributed by atoms with E-state index in [0.717, 1.165) is 21.5 Å². The molecule has 1 aliphatic heterocycles. The first kappa shape index (κ1) is 18.5. The molecule has 23 heavy (non-hydrogen) atoms. The molecular weight excluding hydrogens is 374 g/mol. The fourth-order valence-electron chi connectivity index (χ4n) is 2.01. The Labute approximate surface area is 148 Å². The largest absolute Gasteiger partial charge is 0.496 e. The molecule has 4 nitrogen and oxygen atoms in total. The number of hydroxylamine groups is 1. The van der Waals surface area contributed by atoms with E-state index in [0.29, 0.717) is 6.61 Å². The Morgan fingerprint density at radius 3 is 2.61 bits per heavy atom. The molecule has 0 bridgehead atoms. The average Bonchev–Trinajstić information content (AvgIpc) is 2.92. The summed E-state index contributed by atoms with van der Waals surface area (Å²) in [7, 11) is -0.101. The third-order valence-electron chi connectivity index (χ3n) is 4.54. The molecule has 0 saturated heterocycles. The second-order valence-electron chi connectivity index (χ2n) is 7.25. The third-order valence-corrected chi connectivity index (χ3v) is 9.54. The first-order chi connectivity index (χ1) is 10.6. The van der Waals surface area contributed by atoms with Gasteiger partial charge in [-0.3, -0.25) is 10.3 Å². The quantitative estimate of drug-likeness (QED) is 0.726. The molecule has 1 N–H and O–H groups in total. The van der Waals surface area contributed by atoms with Crippen molar-refractivity contribution in [1.82, 2.24) is 5.48 Å². The van der Waals surface area contributed by atoms with Crippen molar-refractivity contribution in [2.75, 3.05) is 13.7 Å². The minimum atomic E-state index is -1.77. The van der Waals surface area contributed by atoms with E-state index in [2.05, 4.69) is 61.4 Å². The second-order valence-corrected chi connectivity index (χ2v) is 13.0. The molecule has 6 heteroatoms. The number of hydrogen-bond acceptors (Lipinski definition) is 4. The van der Waals surface area contributed by atoms with Crippen molar-refractivity contribution in [2.24, 2.45) is 0 Å². The van der Waals surface area contributed by atoms with Crippen molar-refractivity contribution >= 4 is 29.9 Å². The fraction of sp³-hybridized carbons (Fsp3) is 0.529. The van der Waals surface area contributed by atoms with Crippen molar-refractivity contribution in [2.45, 2.75) is 45.0 Å². The maximum atomic E-state index is 6.23. The summed E-state index contributed by atoms with van der Waals surface area (Å²) in [6.45, 7) is 11.8. The Morgan fingerprint density at radius 1 is 1.30 bits per heavy atom. The van der Waals surface area contributed by atoms with Crippen LogP contribution in [-0.4, -0.2) is 28.1 Å². The molecule has 1 aliphatic rings. The van der Waals surface area contributed by atoms with Gasteiger partial charge in [0.15, 0.2) is 8.32 Å². The summed E-state index contributed by atoms with van der Waals surface area (Å²) in [4.78, 5) is 5.65. The van der Waals surface area contributed by atoms with Crippen molar-refractivity contribution < 1.29 is 14.0 Å². The SMILES string of the molecule is COc1cc(Br)ccc1C1=CC(CO[Si](C)(C)C(C)(C)C)ON1. The minimum Gasteiger partial charge on any atom is -0.496 e. The lowest BCUT2D eigenvalue weighted by molar-refractivity contribution is 0.0203. The predicted molar refractivity (Wildman–Crippen MR) is 99.8 cm³/mol. The minimum absolute atomic E-state index is 0.0903. The van der Waals surface area contributed by atoms with Crippen molar-refractivity contribution in [3.8, 4) is 5.75 Å². The summed E-state index contributed by atoms with van der Waals surface area (Å²) in [6, 6.07) is 5.93. The van der Waals surface area contributed by atoms with E-state index in [9.17, 15) is 0 Å². The Kier molecular flexibility index (Phi) is 5.61. The lowest BCUT2D eigenvalue weighted by atomic mass is 10.1. The Hall–Kier alpha value is -0.823. The monoisotopic (exact) mass is 399 g/mol. The average molecular weight is 400 g/mol. The van der Waals surface area contributed by atoms with Crippen LogP contribution in [0, 0.1) is 0 Å². The van der Waals surface area contributed by atoms with E-state index in [1.54, 1.807) is 7.11 Å². The molecule has 1 atom stereocenters. The molecule has 1 unspecified atom stereocenters. The van der Waals surface area contributed by atoms with Crippen LogP contribution in [0.5, 0.6) is 5.75 Å². The van der Waals surface area contributed by atoms with E-state index in [1.807, 2.05) is 18.2 Å². The number of ether oxygens (including phenoxy) is 1. The Morgan fingerprint density at radius 2 is 2.00 bits per heavy atom. The Bertz CT molecular complexity index is 596. The molecule has 0 amide bonds. The zero-order chi connectivity index (χ0) is 17.3. The second kappa shape index (κ2) is 6.97. The van der Waals surface area contributed by atoms with Crippen molar-refractivity contribution in [3.63, 3.8) is 0 Å². The van der Waals surface area contributed by atoms with Crippen molar-refractivity contribution in [1.29, 1.82) is 0 Å². The van der Waals surface area contributed by atoms with E-state index >= 15 is 0 Å². The molecule has 2 rings (SSSR count). The number of rotatable bonds is 5. The first-order valence-corrected chi connectivity index (χ1v) is 11.5. The van der Waals surface area contributed by atoms with Gasteiger partial charge >= 0.3 is 0 Å². The lowest BCUT2D eigenvalue weighted by Crippen LogP contribution is -2.42. The highest BCUT2D eigenvalue weighted by Crippen LogP contribution is 2.37. The molecule has 0 fully saturated rings. The highest BCUT2D eigenvalue weighted by Gasteiger charge is 2.38. The number of methoxy groups -OCH3 is 1. The topological polar surface area (TPSA) is 39.7 Å². The summed E-state index contributed by atoms with van der Waals surface area (Å²) in [6.07, 6.45) is 1.96. The van der Waals surface area contributed by atoms with E-state index in [1.165, 1.54) is 0 Å². The van der Waals surface area contributed by atoms with Crippen LogP contribution in [0.2, 0.25) is 18.1 Å². The molecule has 1 heterocycles. The van der Waals surface area contributed by atoms with Gasteiger partial charge in [-0.15, -0.1) is 0 Å². The maximum absolute atomic E-state index is 6.23. The van der Waals surface area contributed by atoms with Crippen LogP contribution in [0.4, 0.5) is 0 Å². The molecule has 1 aromatic carbocycles. The van der Waals surface area contributed by atoms with Gasteiger partial charge in [0.25, 0.3) is 0 Å². The van der Waals surface area contributed by atoms with Crippen LogP contribution in [0.15, 0.2) is 28.7 Å². The summed E-state index contributed by atoms with van der Waals surface area (Å²) < 4.78 is 12.7. The molecule has 1 aromatic rings. The molecule has 128 valence electrons. The van der Waals surface area contributed by atoms with Crippen LogP contribution >= 0.6 is 15.9 Å². The van der Waals surface area contributed by atoms with Gasteiger partial charge in [0.05, 0.1) is 19.4 Å². The molecule has 0 aromatic heterocycles. The van der Waals surface area contributed by atoms with Gasteiger partial charge in [0, 0.05) is 10.0 Å². The lowest BCUT2D eigenvalue weighted by Gasteiger charge is -2.36. The molecular formula is C17H26BrNO3Si. The number of nitrogens with one attached hydrogen (secondary N) is 1. The zero-order valence-corrected chi connectivity index (χ0v) is 17.3. The summed E-state index contributed by atoms with van der Waals surface area (Å²) >= 11 is 3.46. The van der Waals surface area contributed by atoms with Crippen LogP contribution in [0.25, 0.3) is 5.70 Å². The molecule has 0 saturated carbocycles. The molecule has 0 aliphatic carbocycles. The molecule has 0 spiro atoms.